The number of hydroxylamine groups is 2. The van der Waals surface area contributed by atoms with E-state index in [1.165, 1.54) is 6.92 Å². The Hall–Kier alpha value is -2.41. The van der Waals surface area contributed by atoms with E-state index in [-0.39, 0.29) is 18.0 Å². The maximum atomic E-state index is 12.2. The fraction of sp³-hybridized carbons (Fsp3) is 0.400. The van der Waals surface area contributed by atoms with Crippen molar-refractivity contribution in [3.8, 4) is 0 Å². The van der Waals surface area contributed by atoms with Crippen molar-refractivity contribution in [1.82, 2.24) is 14.6 Å². The van der Waals surface area contributed by atoms with E-state index < -0.39 is 5.97 Å². The summed E-state index contributed by atoms with van der Waals surface area (Å²) in [5, 5.41) is 2.15. The highest BCUT2D eigenvalue weighted by Crippen LogP contribution is 2.27. The van der Waals surface area contributed by atoms with Crippen LogP contribution in [0.4, 0.5) is 0 Å². The summed E-state index contributed by atoms with van der Waals surface area (Å²) in [6, 6.07) is 3.85. The lowest BCUT2D eigenvalue weighted by atomic mass is 10.0. The zero-order valence-electron chi connectivity index (χ0n) is 12.3. The minimum Gasteiger partial charge on any atom is -0.338 e. The molecular weight excluding hydrogens is 284 g/mol. The summed E-state index contributed by atoms with van der Waals surface area (Å²) in [6.07, 6.45) is 6.23. The smallest absolute Gasteiger partial charge is 0.329 e. The van der Waals surface area contributed by atoms with Gasteiger partial charge in [-0.3, -0.25) is 14.6 Å². The standard InChI is InChI=1S/C15H18N4O3/c1-10(20)22-19-7-4-11(15(19)21)8-14(16)18-6-3-12-9-17-5-2-13(12)18/h2-3,5-6,9,11,14H,4,7-8,16H2,1H3. The van der Waals surface area contributed by atoms with E-state index in [9.17, 15) is 9.59 Å². The molecule has 7 heteroatoms. The average molecular weight is 302 g/mol. The molecule has 1 aliphatic rings. The molecule has 1 saturated heterocycles. The minimum atomic E-state index is -0.484. The SMILES string of the molecule is CC(=O)ON1CCC(CC(N)n2ccc3cnccc32)C1=O. The van der Waals surface area contributed by atoms with E-state index in [0.29, 0.717) is 19.4 Å². The normalized spacial score (nSPS) is 19.6. The molecule has 3 rings (SSSR count). The van der Waals surface area contributed by atoms with Crippen molar-refractivity contribution in [2.24, 2.45) is 11.7 Å². The monoisotopic (exact) mass is 302 g/mol. The maximum absolute atomic E-state index is 12.2. The first-order chi connectivity index (χ1) is 10.6. The molecule has 22 heavy (non-hydrogen) atoms. The second-order valence-electron chi connectivity index (χ2n) is 5.47. The number of carbonyl (C=O) groups is 2. The van der Waals surface area contributed by atoms with Gasteiger partial charge in [-0.1, -0.05) is 0 Å². The Balaban J connectivity index is 1.71. The average Bonchev–Trinajstić information content (AvgIpc) is 3.05. The van der Waals surface area contributed by atoms with Crippen molar-refractivity contribution in [2.45, 2.75) is 25.9 Å². The zero-order chi connectivity index (χ0) is 15.7. The van der Waals surface area contributed by atoms with Crippen molar-refractivity contribution < 1.29 is 14.4 Å². The van der Waals surface area contributed by atoms with Gasteiger partial charge in [-0.25, -0.2) is 0 Å². The number of rotatable bonds is 4. The molecule has 116 valence electrons. The number of hydrogen-bond acceptors (Lipinski definition) is 5. The van der Waals surface area contributed by atoms with Crippen LogP contribution in [0.2, 0.25) is 0 Å². The van der Waals surface area contributed by atoms with Crippen LogP contribution in [0.5, 0.6) is 0 Å². The summed E-state index contributed by atoms with van der Waals surface area (Å²) in [4.78, 5) is 32.1. The van der Waals surface area contributed by atoms with E-state index in [1.807, 2.05) is 22.9 Å². The van der Waals surface area contributed by atoms with E-state index in [0.717, 1.165) is 16.0 Å². The molecule has 2 aromatic heterocycles. The Morgan fingerprint density at radius 3 is 3.14 bits per heavy atom. The fourth-order valence-corrected chi connectivity index (χ4v) is 2.87. The lowest BCUT2D eigenvalue weighted by molar-refractivity contribution is -0.191. The van der Waals surface area contributed by atoms with Crippen LogP contribution < -0.4 is 5.73 Å². The van der Waals surface area contributed by atoms with Gasteiger partial charge in [0.05, 0.1) is 18.2 Å². The predicted octanol–water partition coefficient (Wildman–Crippen LogP) is 1.21. The highest BCUT2D eigenvalue weighted by atomic mass is 16.7. The Bertz CT molecular complexity index is 712. The molecule has 2 unspecified atom stereocenters. The van der Waals surface area contributed by atoms with Crippen LogP contribution in [-0.4, -0.2) is 33.0 Å². The molecule has 1 aliphatic heterocycles. The van der Waals surface area contributed by atoms with Gasteiger partial charge in [-0.2, -0.15) is 5.06 Å². The van der Waals surface area contributed by atoms with Gasteiger partial charge in [-0.15, -0.1) is 0 Å². The van der Waals surface area contributed by atoms with Crippen molar-refractivity contribution in [1.29, 1.82) is 0 Å². The molecule has 1 amide bonds. The summed E-state index contributed by atoms with van der Waals surface area (Å²) >= 11 is 0. The zero-order valence-corrected chi connectivity index (χ0v) is 12.3. The Kier molecular flexibility index (Phi) is 3.81. The predicted molar refractivity (Wildman–Crippen MR) is 79.2 cm³/mol. The van der Waals surface area contributed by atoms with Gasteiger partial charge in [0.2, 0.25) is 0 Å². The molecule has 0 saturated carbocycles. The number of carbonyl (C=O) groups excluding carboxylic acids is 2. The van der Waals surface area contributed by atoms with Gasteiger partial charge in [-0.05, 0) is 25.0 Å². The third-order valence-electron chi connectivity index (χ3n) is 3.92. The Labute approximate surface area is 127 Å². The number of pyridine rings is 1. The van der Waals surface area contributed by atoms with Crippen LogP contribution in [0.15, 0.2) is 30.7 Å². The number of amides is 1. The summed E-state index contributed by atoms with van der Waals surface area (Å²) in [5.74, 6) is -0.889. The van der Waals surface area contributed by atoms with Gasteiger partial charge >= 0.3 is 5.97 Å². The molecule has 2 aromatic rings. The number of fused-ring (bicyclic) bond motifs is 1. The molecule has 3 heterocycles. The maximum Gasteiger partial charge on any atom is 0.329 e. The molecule has 0 aromatic carbocycles. The van der Waals surface area contributed by atoms with E-state index in [2.05, 4.69) is 4.98 Å². The van der Waals surface area contributed by atoms with E-state index >= 15 is 0 Å². The fourth-order valence-electron chi connectivity index (χ4n) is 2.87. The molecule has 7 nitrogen and oxygen atoms in total. The Morgan fingerprint density at radius 2 is 2.36 bits per heavy atom. The summed E-state index contributed by atoms with van der Waals surface area (Å²) in [6.45, 7) is 1.71. The van der Waals surface area contributed by atoms with Gasteiger partial charge in [0.1, 0.15) is 0 Å². The lowest BCUT2D eigenvalue weighted by Gasteiger charge is -2.19. The molecule has 1 fully saturated rings. The largest absolute Gasteiger partial charge is 0.338 e. The molecule has 0 aliphatic carbocycles. The molecular formula is C15H18N4O3. The lowest BCUT2D eigenvalue weighted by Crippen LogP contribution is -2.31. The van der Waals surface area contributed by atoms with Crippen LogP contribution >= 0.6 is 0 Å². The van der Waals surface area contributed by atoms with Crippen molar-refractivity contribution >= 4 is 22.8 Å². The number of nitrogens with two attached hydrogens (primary N) is 1. The summed E-state index contributed by atoms with van der Waals surface area (Å²) in [7, 11) is 0. The van der Waals surface area contributed by atoms with E-state index in [1.54, 1.807) is 12.4 Å². The van der Waals surface area contributed by atoms with Gasteiger partial charge < -0.3 is 15.1 Å². The Morgan fingerprint density at radius 1 is 1.55 bits per heavy atom. The van der Waals surface area contributed by atoms with Gasteiger partial charge in [0.25, 0.3) is 5.91 Å². The summed E-state index contributed by atoms with van der Waals surface area (Å²) < 4.78 is 1.94. The van der Waals surface area contributed by atoms with Gasteiger partial charge in [0.15, 0.2) is 0 Å². The molecule has 2 atom stereocenters. The molecule has 0 radical (unpaired) electrons. The second kappa shape index (κ2) is 5.76. The number of nitrogens with zero attached hydrogens (tertiary/aromatic N) is 3. The van der Waals surface area contributed by atoms with Crippen LogP contribution in [0.3, 0.4) is 0 Å². The van der Waals surface area contributed by atoms with Crippen LogP contribution in [-0.2, 0) is 14.4 Å². The third-order valence-corrected chi connectivity index (χ3v) is 3.92. The van der Waals surface area contributed by atoms with Crippen LogP contribution in [0.1, 0.15) is 25.9 Å². The molecule has 0 bridgehead atoms. The second-order valence-corrected chi connectivity index (χ2v) is 5.47. The third kappa shape index (κ3) is 2.67. The topological polar surface area (TPSA) is 90.4 Å². The summed E-state index contributed by atoms with van der Waals surface area (Å²) in [5.41, 5.74) is 7.25. The quantitative estimate of drug-likeness (QED) is 0.916. The highest BCUT2D eigenvalue weighted by molar-refractivity contribution is 5.82. The molecule has 2 N–H and O–H groups in total. The van der Waals surface area contributed by atoms with E-state index in [4.69, 9.17) is 10.6 Å². The number of aromatic nitrogens is 2. The van der Waals surface area contributed by atoms with Crippen molar-refractivity contribution in [3.05, 3.63) is 30.7 Å². The highest BCUT2D eigenvalue weighted by Gasteiger charge is 2.35. The minimum absolute atomic E-state index is 0.177. The van der Waals surface area contributed by atoms with Crippen molar-refractivity contribution in [2.75, 3.05) is 6.54 Å². The first-order valence-corrected chi connectivity index (χ1v) is 7.22. The number of hydrogen-bond donors (Lipinski definition) is 1. The first-order valence-electron chi connectivity index (χ1n) is 7.22. The van der Waals surface area contributed by atoms with Gasteiger partial charge in [0, 0.05) is 36.8 Å². The first kappa shape index (κ1) is 14.5. The van der Waals surface area contributed by atoms with Crippen LogP contribution in [0.25, 0.3) is 10.9 Å². The van der Waals surface area contributed by atoms with Crippen molar-refractivity contribution in [3.63, 3.8) is 0 Å². The van der Waals surface area contributed by atoms with Crippen LogP contribution in [0, 0.1) is 5.92 Å². The molecule has 0 spiro atoms.